The normalized spacial score (nSPS) is 11.4. The molecule has 1 N–H and O–H groups in total. The average Bonchev–Trinajstić information content (AvgIpc) is 2.75. The first-order chi connectivity index (χ1) is 8.89. The monoisotopic (exact) mass is 258 g/mol. The second kappa shape index (κ2) is 4.84. The molecule has 1 amide bonds. The van der Waals surface area contributed by atoms with Gasteiger partial charge in [-0.05, 0) is 19.1 Å². The van der Waals surface area contributed by atoms with Crippen LogP contribution in [0.5, 0.6) is 0 Å². The molecule has 2 aromatic rings. The van der Waals surface area contributed by atoms with E-state index >= 15 is 0 Å². The molecule has 0 aliphatic rings. The van der Waals surface area contributed by atoms with Crippen molar-refractivity contribution in [1.29, 1.82) is 0 Å². The molecule has 19 heavy (non-hydrogen) atoms. The molecule has 2 rings (SSSR count). The number of nitrogens with zero attached hydrogens (tertiary/aromatic N) is 3. The Morgan fingerprint density at radius 3 is 2.58 bits per heavy atom. The number of hydrogen-bond acceptors (Lipinski definition) is 3. The van der Waals surface area contributed by atoms with Gasteiger partial charge in [-0.15, -0.1) is 0 Å². The summed E-state index contributed by atoms with van der Waals surface area (Å²) in [6.45, 7) is 7.52. The van der Waals surface area contributed by atoms with E-state index in [2.05, 4.69) is 15.3 Å². The van der Waals surface area contributed by atoms with Crippen LogP contribution in [0.3, 0.4) is 0 Å². The maximum atomic E-state index is 12.1. The largest absolute Gasteiger partial charge is 0.322 e. The van der Waals surface area contributed by atoms with Gasteiger partial charge in [0.2, 0.25) is 5.91 Å². The van der Waals surface area contributed by atoms with E-state index in [0.29, 0.717) is 11.5 Å². The summed E-state index contributed by atoms with van der Waals surface area (Å²) in [4.78, 5) is 20.6. The molecule has 0 aliphatic heterocycles. The lowest BCUT2D eigenvalue weighted by Gasteiger charge is -2.19. The minimum Gasteiger partial charge on any atom is -0.322 e. The second-order valence-electron chi connectivity index (χ2n) is 5.42. The van der Waals surface area contributed by atoms with Gasteiger partial charge in [-0.1, -0.05) is 20.8 Å². The quantitative estimate of drug-likeness (QED) is 0.900. The lowest BCUT2D eigenvalue weighted by molar-refractivity contribution is -0.123. The first-order valence-corrected chi connectivity index (χ1v) is 6.16. The number of anilines is 1. The van der Waals surface area contributed by atoms with Crippen LogP contribution in [0.4, 0.5) is 5.69 Å². The highest BCUT2D eigenvalue weighted by Crippen LogP contribution is 2.22. The summed E-state index contributed by atoms with van der Waals surface area (Å²) in [6, 6.07) is 3.64. The van der Waals surface area contributed by atoms with E-state index in [-0.39, 0.29) is 5.91 Å². The minimum absolute atomic E-state index is 0.0421. The molecule has 0 radical (unpaired) electrons. The Morgan fingerprint density at radius 1 is 1.26 bits per heavy atom. The SMILES string of the molecule is Cc1nccn1-c1ncccc1NC(=O)C(C)(C)C. The zero-order chi connectivity index (χ0) is 14.0. The van der Waals surface area contributed by atoms with E-state index in [4.69, 9.17) is 0 Å². The number of rotatable bonds is 2. The van der Waals surface area contributed by atoms with Gasteiger partial charge in [0.15, 0.2) is 5.82 Å². The molecule has 0 atom stereocenters. The highest BCUT2D eigenvalue weighted by Gasteiger charge is 2.22. The number of pyridine rings is 1. The van der Waals surface area contributed by atoms with Crippen LogP contribution in [0.1, 0.15) is 26.6 Å². The van der Waals surface area contributed by atoms with Gasteiger partial charge in [0.05, 0.1) is 5.69 Å². The van der Waals surface area contributed by atoms with Gasteiger partial charge in [0, 0.05) is 24.0 Å². The molecular formula is C14H18N4O. The third-order valence-corrected chi connectivity index (χ3v) is 2.77. The Bertz CT molecular complexity index is 595. The van der Waals surface area contributed by atoms with Crippen LogP contribution < -0.4 is 5.32 Å². The number of nitrogens with one attached hydrogen (secondary N) is 1. The van der Waals surface area contributed by atoms with Crippen molar-refractivity contribution in [2.75, 3.05) is 5.32 Å². The zero-order valence-electron chi connectivity index (χ0n) is 11.6. The van der Waals surface area contributed by atoms with Crippen molar-refractivity contribution in [3.05, 3.63) is 36.5 Å². The summed E-state index contributed by atoms with van der Waals surface area (Å²) in [5, 5.41) is 2.92. The molecule has 0 aliphatic carbocycles. The Kier molecular flexibility index (Phi) is 3.38. The van der Waals surface area contributed by atoms with Crippen molar-refractivity contribution >= 4 is 11.6 Å². The number of hydrogen-bond donors (Lipinski definition) is 1. The van der Waals surface area contributed by atoms with Gasteiger partial charge in [-0.2, -0.15) is 0 Å². The summed E-state index contributed by atoms with van der Waals surface area (Å²) >= 11 is 0. The van der Waals surface area contributed by atoms with Gasteiger partial charge in [-0.25, -0.2) is 9.97 Å². The van der Waals surface area contributed by atoms with Gasteiger partial charge < -0.3 is 5.32 Å². The smallest absolute Gasteiger partial charge is 0.229 e. The lowest BCUT2D eigenvalue weighted by atomic mass is 9.95. The minimum atomic E-state index is -0.447. The van der Waals surface area contributed by atoms with Crippen LogP contribution >= 0.6 is 0 Å². The van der Waals surface area contributed by atoms with Gasteiger partial charge in [0.1, 0.15) is 5.82 Å². The van der Waals surface area contributed by atoms with Crippen LogP contribution in [-0.4, -0.2) is 20.4 Å². The van der Waals surface area contributed by atoms with Gasteiger partial charge >= 0.3 is 0 Å². The molecule has 0 spiro atoms. The van der Waals surface area contributed by atoms with Crippen molar-refractivity contribution in [2.45, 2.75) is 27.7 Å². The molecule has 0 fully saturated rings. The molecule has 0 aromatic carbocycles. The second-order valence-corrected chi connectivity index (χ2v) is 5.42. The molecule has 5 nitrogen and oxygen atoms in total. The molecule has 0 saturated heterocycles. The van der Waals surface area contributed by atoms with Crippen LogP contribution in [-0.2, 0) is 4.79 Å². The van der Waals surface area contributed by atoms with Crippen molar-refractivity contribution in [3.63, 3.8) is 0 Å². The molecule has 0 saturated carbocycles. The maximum Gasteiger partial charge on any atom is 0.229 e. The molecule has 2 aromatic heterocycles. The molecule has 0 unspecified atom stereocenters. The van der Waals surface area contributed by atoms with Gasteiger partial charge in [-0.3, -0.25) is 9.36 Å². The first-order valence-electron chi connectivity index (χ1n) is 6.16. The van der Waals surface area contributed by atoms with E-state index in [1.54, 1.807) is 18.5 Å². The Morgan fingerprint density at radius 2 is 2.00 bits per heavy atom. The lowest BCUT2D eigenvalue weighted by Crippen LogP contribution is -2.28. The van der Waals surface area contributed by atoms with E-state index in [9.17, 15) is 4.79 Å². The van der Waals surface area contributed by atoms with E-state index in [0.717, 1.165) is 5.82 Å². The van der Waals surface area contributed by atoms with E-state index in [1.807, 2.05) is 44.5 Å². The Labute approximate surface area is 112 Å². The Balaban J connectivity index is 2.38. The number of amides is 1. The van der Waals surface area contributed by atoms with E-state index in [1.165, 1.54) is 0 Å². The number of aryl methyl sites for hydroxylation is 1. The third-order valence-electron chi connectivity index (χ3n) is 2.77. The number of carbonyl (C=O) groups excluding carboxylic acids is 1. The highest BCUT2D eigenvalue weighted by atomic mass is 16.2. The van der Waals surface area contributed by atoms with E-state index < -0.39 is 5.41 Å². The topological polar surface area (TPSA) is 59.8 Å². The predicted molar refractivity (Wildman–Crippen MR) is 74.2 cm³/mol. The summed E-state index contributed by atoms with van der Waals surface area (Å²) in [5.74, 6) is 1.46. The number of carbonyl (C=O) groups is 1. The van der Waals surface area contributed by atoms with Crippen LogP contribution in [0, 0.1) is 12.3 Å². The standard InChI is InChI=1S/C14H18N4O/c1-10-15-8-9-18(10)12-11(6-5-7-16-12)17-13(19)14(2,3)4/h5-9H,1-4H3,(H,17,19). The van der Waals surface area contributed by atoms with Crippen molar-refractivity contribution in [2.24, 2.45) is 5.41 Å². The summed E-state index contributed by atoms with van der Waals surface area (Å²) < 4.78 is 1.85. The molecular weight excluding hydrogens is 240 g/mol. The fraction of sp³-hybridized carbons (Fsp3) is 0.357. The van der Waals surface area contributed by atoms with Crippen molar-refractivity contribution < 1.29 is 4.79 Å². The fourth-order valence-corrected chi connectivity index (χ4v) is 1.60. The van der Waals surface area contributed by atoms with Crippen molar-refractivity contribution in [3.8, 4) is 5.82 Å². The molecule has 5 heteroatoms. The van der Waals surface area contributed by atoms with Crippen LogP contribution in [0.15, 0.2) is 30.7 Å². The van der Waals surface area contributed by atoms with Crippen LogP contribution in [0.25, 0.3) is 5.82 Å². The molecule has 2 heterocycles. The highest BCUT2D eigenvalue weighted by molar-refractivity contribution is 5.95. The van der Waals surface area contributed by atoms with Crippen molar-refractivity contribution in [1.82, 2.24) is 14.5 Å². The first kappa shape index (κ1) is 13.3. The predicted octanol–water partition coefficient (Wildman–Crippen LogP) is 2.56. The average molecular weight is 258 g/mol. The molecule has 100 valence electrons. The summed E-state index contributed by atoms with van der Waals surface area (Å²) in [7, 11) is 0. The number of aromatic nitrogens is 3. The Hall–Kier alpha value is -2.17. The zero-order valence-corrected chi connectivity index (χ0v) is 11.6. The van der Waals surface area contributed by atoms with Crippen LogP contribution in [0.2, 0.25) is 0 Å². The third kappa shape index (κ3) is 2.81. The fourth-order valence-electron chi connectivity index (χ4n) is 1.60. The number of imidazole rings is 1. The van der Waals surface area contributed by atoms with Gasteiger partial charge in [0.25, 0.3) is 0 Å². The summed E-state index contributed by atoms with van der Waals surface area (Å²) in [6.07, 6.45) is 5.23. The molecule has 0 bridgehead atoms. The maximum absolute atomic E-state index is 12.1. The summed E-state index contributed by atoms with van der Waals surface area (Å²) in [5.41, 5.74) is 0.236.